The summed E-state index contributed by atoms with van der Waals surface area (Å²) in [6.07, 6.45) is 4.27. The molecule has 1 amide bonds. The monoisotopic (exact) mass is 287 g/mol. The maximum Gasteiger partial charge on any atom is 0.227 e. The second kappa shape index (κ2) is 6.48. The van der Waals surface area contributed by atoms with Crippen LogP contribution in [0.4, 0.5) is 11.4 Å². The number of benzene rings is 1. The molecule has 1 aromatic carbocycles. The predicted octanol–water partition coefficient (Wildman–Crippen LogP) is 2.57. The van der Waals surface area contributed by atoms with Gasteiger partial charge in [-0.1, -0.05) is 6.07 Å². The lowest BCUT2D eigenvalue weighted by Gasteiger charge is -2.30. The zero-order chi connectivity index (χ0) is 14.7. The van der Waals surface area contributed by atoms with Crippen molar-refractivity contribution in [2.75, 3.05) is 43.4 Å². The Balaban J connectivity index is 1.59. The molecule has 0 bridgehead atoms. The fourth-order valence-electron chi connectivity index (χ4n) is 3.41. The summed E-state index contributed by atoms with van der Waals surface area (Å²) in [4.78, 5) is 16.1. The van der Waals surface area contributed by atoms with Crippen molar-refractivity contribution in [3.05, 3.63) is 24.3 Å². The molecule has 4 heteroatoms. The summed E-state index contributed by atoms with van der Waals surface area (Å²) < 4.78 is 0. The Kier molecular flexibility index (Phi) is 4.44. The van der Waals surface area contributed by atoms with Gasteiger partial charge in [0.1, 0.15) is 0 Å². The maximum absolute atomic E-state index is 11.8. The van der Waals surface area contributed by atoms with Crippen molar-refractivity contribution < 1.29 is 4.79 Å². The molecule has 1 unspecified atom stereocenters. The molecule has 2 aliphatic heterocycles. The molecule has 0 aliphatic carbocycles. The van der Waals surface area contributed by atoms with Crippen molar-refractivity contribution in [3.8, 4) is 0 Å². The number of carbonyl (C=O) groups excluding carboxylic acids is 1. The zero-order valence-electron chi connectivity index (χ0n) is 12.8. The van der Waals surface area contributed by atoms with E-state index in [2.05, 4.69) is 29.4 Å². The Morgan fingerprint density at radius 2 is 2.19 bits per heavy atom. The third-order valence-corrected chi connectivity index (χ3v) is 4.55. The van der Waals surface area contributed by atoms with E-state index in [1.54, 1.807) is 0 Å². The highest BCUT2D eigenvalue weighted by Crippen LogP contribution is 2.24. The highest BCUT2D eigenvalue weighted by molar-refractivity contribution is 5.95. The van der Waals surface area contributed by atoms with Gasteiger partial charge in [-0.2, -0.15) is 0 Å². The average molecular weight is 287 g/mol. The molecule has 1 atom stereocenters. The molecule has 1 N–H and O–H groups in total. The Morgan fingerprint density at radius 3 is 2.95 bits per heavy atom. The number of carbonyl (C=O) groups is 1. The van der Waals surface area contributed by atoms with Crippen LogP contribution in [0.15, 0.2) is 24.3 Å². The van der Waals surface area contributed by atoms with Gasteiger partial charge in [-0.3, -0.25) is 4.79 Å². The van der Waals surface area contributed by atoms with Crippen LogP contribution in [0.1, 0.15) is 25.7 Å². The lowest BCUT2D eigenvalue weighted by atomic mass is 9.98. The molecule has 2 fully saturated rings. The number of nitrogens with one attached hydrogen (secondary N) is 1. The number of rotatable bonds is 4. The summed E-state index contributed by atoms with van der Waals surface area (Å²) in [6.45, 7) is 4.28. The highest BCUT2D eigenvalue weighted by Gasteiger charge is 2.22. The van der Waals surface area contributed by atoms with Crippen LogP contribution in [0.2, 0.25) is 0 Å². The highest BCUT2D eigenvalue weighted by atomic mass is 16.2. The van der Waals surface area contributed by atoms with Gasteiger partial charge in [0.05, 0.1) is 0 Å². The van der Waals surface area contributed by atoms with Gasteiger partial charge in [0, 0.05) is 37.4 Å². The summed E-state index contributed by atoms with van der Waals surface area (Å²) in [5.74, 6) is 0.974. The maximum atomic E-state index is 11.8. The first-order chi connectivity index (χ1) is 10.2. The Bertz CT molecular complexity index is 503. The third kappa shape index (κ3) is 3.56. The van der Waals surface area contributed by atoms with Crippen LogP contribution < -0.4 is 10.2 Å². The molecule has 0 spiro atoms. The fraction of sp³-hybridized carbons (Fsp3) is 0.588. The Hall–Kier alpha value is -1.55. The van der Waals surface area contributed by atoms with Crippen LogP contribution in [0.25, 0.3) is 0 Å². The number of anilines is 2. The van der Waals surface area contributed by atoms with Crippen LogP contribution in [0, 0.1) is 5.92 Å². The van der Waals surface area contributed by atoms with E-state index in [0.29, 0.717) is 6.42 Å². The number of amides is 1. The van der Waals surface area contributed by atoms with Gasteiger partial charge in [0.2, 0.25) is 5.91 Å². The molecule has 4 nitrogen and oxygen atoms in total. The number of hydrogen-bond donors (Lipinski definition) is 1. The lowest BCUT2D eigenvalue weighted by molar-refractivity contribution is -0.117. The van der Waals surface area contributed by atoms with E-state index in [0.717, 1.165) is 36.8 Å². The third-order valence-electron chi connectivity index (χ3n) is 4.55. The van der Waals surface area contributed by atoms with Gasteiger partial charge < -0.3 is 15.1 Å². The minimum atomic E-state index is 0.251. The van der Waals surface area contributed by atoms with Crippen molar-refractivity contribution in [2.45, 2.75) is 25.7 Å². The number of nitrogens with zero attached hydrogens (tertiary/aromatic N) is 2. The number of hydrogen-bond acceptors (Lipinski definition) is 3. The first-order valence-electron chi connectivity index (χ1n) is 8.05. The molecule has 0 saturated carbocycles. The molecule has 2 aliphatic rings. The molecule has 0 radical (unpaired) electrons. The smallest absolute Gasteiger partial charge is 0.227 e. The molecular weight excluding hydrogens is 262 g/mol. The molecule has 3 rings (SSSR count). The van der Waals surface area contributed by atoms with E-state index in [-0.39, 0.29) is 5.91 Å². The molecule has 2 heterocycles. The van der Waals surface area contributed by atoms with Crippen LogP contribution in [0.3, 0.4) is 0 Å². The van der Waals surface area contributed by atoms with E-state index in [4.69, 9.17) is 0 Å². The van der Waals surface area contributed by atoms with Gasteiger partial charge in [0.15, 0.2) is 0 Å². The molecule has 114 valence electrons. The summed E-state index contributed by atoms with van der Waals surface area (Å²) in [6, 6.07) is 8.27. The fourth-order valence-corrected chi connectivity index (χ4v) is 3.41. The largest absolute Gasteiger partial charge is 0.385 e. The van der Waals surface area contributed by atoms with Crippen molar-refractivity contribution in [2.24, 2.45) is 5.92 Å². The van der Waals surface area contributed by atoms with Crippen molar-refractivity contribution in [1.82, 2.24) is 4.90 Å². The van der Waals surface area contributed by atoms with E-state index >= 15 is 0 Å². The normalized spacial score (nSPS) is 23.6. The van der Waals surface area contributed by atoms with Crippen molar-refractivity contribution in [3.63, 3.8) is 0 Å². The summed E-state index contributed by atoms with van der Waals surface area (Å²) in [7, 11) is 2.20. The molecule has 21 heavy (non-hydrogen) atoms. The molecular formula is C17H25N3O. The number of likely N-dealkylation sites (tertiary alicyclic amines) is 1. The summed E-state index contributed by atoms with van der Waals surface area (Å²) >= 11 is 0. The van der Waals surface area contributed by atoms with E-state index in [1.807, 2.05) is 17.0 Å². The minimum Gasteiger partial charge on any atom is -0.385 e. The van der Waals surface area contributed by atoms with E-state index < -0.39 is 0 Å². The van der Waals surface area contributed by atoms with Crippen LogP contribution in [-0.2, 0) is 4.79 Å². The van der Waals surface area contributed by atoms with Crippen molar-refractivity contribution in [1.29, 1.82) is 0 Å². The SMILES string of the molecule is CN1CCCC(CNc2cccc(N3CCCC3=O)c2)C1. The second-order valence-corrected chi connectivity index (χ2v) is 6.35. The zero-order valence-corrected chi connectivity index (χ0v) is 12.8. The Morgan fingerprint density at radius 1 is 1.29 bits per heavy atom. The van der Waals surface area contributed by atoms with Crippen molar-refractivity contribution >= 4 is 17.3 Å². The first kappa shape index (κ1) is 14.4. The van der Waals surface area contributed by atoms with Gasteiger partial charge in [-0.25, -0.2) is 0 Å². The predicted molar refractivity (Wildman–Crippen MR) is 86.7 cm³/mol. The van der Waals surface area contributed by atoms with E-state index in [1.165, 1.54) is 25.9 Å². The summed E-state index contributed by atoms with van der Waals surface area (Å²) in [5, 5.41) is 3.55. The molecule has 2 saturated heterocycles. The Labute approximate surface area is 127 Å². The van der Waals surface area contributed by atoms with Gasteiger partial charge in [-0.15, -0.1) is 0 Å². The quantitative estimate of drug-likeness (QED) is 0.924. The van der Waals surface area contributed by atoms with Gasteiger partial charge in [-0.05, 0) is 57.0 Å². The number of piperidine rings is 1. The van der Waals surface area contributed by atoms with Crippen LogP contribution >= 0.6 is 0 Å². The standard InChI is InChI=1S/C17H25N3O/c1-19-9-3-5-14(13-19)12-18-15-6-2-7-16(11-15)20-10-4-8-17(20)21/h2,6-7,11,14,18H,3-5,8-10,12-13H2,1H3. The average Bonchev–Trinajstić information content (AvgIpc) is 2.92. The second-order valence-electron chi connectivity index (χ2n) is 6.35. The molecule has 1 aromatic rings. The molecule has 0 aromatic heterocycles. The van der Waals surface area contributed by atoms with Crippen LogP contribution in [-0.4, -0.2) is 44.0 Å². The van der Waals surface area contributed by atoms with E-state index in [9.17, 15) is 4.79 Å². The summed E-state index contributed by atoms with van der Waals surface area (Å²) in [5.41, 5.74) is 2.16. The van der Waals surface area contributed by atoms with Gasteiger partial charge >= 0.3 is 0 Å². The lowest BCUT2D eigenvalue weighted by Crippen LogP contribution is -2.35. The topological polar surface area (TPSA) is 35.6 Å². The van der Waals surface area contributed by atoms with Gasteiger partial charge in [0.25, 0.3) is 0 Å². The first-order valence-corrected chi connectivity index (χ1v) is 8.05. The van der Waals surface area contributed by atoms with Crippen LogP contribution in [0.5, 0.6) is 0 Å². The minimum absolute atomic E-state index is 0.251.